The lowest BCUT2D eigenvalue weighted by Gasteiger charge is -2.12. The van der Waals surface area contributed by atoms with E-state index >= 15 is 0 Å². The van der Waals surface area contributed by atoms with Crippen molar-refractivity contribution in [2.75, 3.05) is 7.11 Å². The third kappa shape index (κ3) is 3.61. The summed E-state index contributed by atoms with van der Waals surface area (Å²) < 4.78 is 5.21. The van der Waals surface area contributed by atoms with Gasteiger partial charge in [0.15, 0.2) is 0 Å². The Hall–Kier alpha value is -3.33. The number of methoxy groups -OCH3 is 1. The molecule has 25 heavy (non-hydrogen) atoms. The van der Waals surface area contributed by atoms with Crippen LogP contribution in [0.1, 0.15) is 21.5 Å². The van der Waals surface area contributed by atoms with Gasteiger partial charge in [0, 0.05) is 5.57 Å². The zero-order valence-corrected chi connectivity index (χ0v) is 13.8. The number of benzene rings is 3. The first kappa shape index (κ1) is 16.5. The molecule has 0 aliphatic rings. The number of carboxylic acids is 1. The van der Waals surface area contributed by atoms with Crippen LogP contribution in [0, 0.1) is 0 Å². The molecule has 0 aliphatic carbocycles. The second kappa shape index (κ2) is 7.49. The fourth-order valence-electron chi connectivity index (χ4n) is 2.78. The fourth-order valence-corrected chi connectivity index (χ4v) is 2.78. The van der Waals surface area contributed by atoms with Crippen LogP contribution >= 0.6 is 0 Å². The van der Waals surface area contributed by atoms with Crippen LogP contribution in [0.5, 0.6) is 0 Å². The number of carbonyl (C=O) groups is 1. The van der Waals surface area contributed by atoms with Crippen LogP contribution < -0.4 is 0 Å². The minimum Gasteiger partial charge on any atom is -0.504 e. The van der Waals surface area contributed by atoms with Crippen LogP contribution in [-0.4, -0.2) is 18.2 Å². The Morgan fingerprint density at radius 3 is 1.96 bits per heavy atom. The van der Waals surface area contributed by atoms with Crippen LogP contribution in [0.4, 0.5) is 0 Å². The molecule has 3 aromatic carbocycles. The van der Waals surface area contributed by atoms with Gasteiger partial charge < -0.3 is 9.84 Å². The molecule has 1 N–H and O–H groups in total. The molecule has 0 saturated heterocycles. The molecule has 3 aromatic rings. The highest BCUT2D eigenvalue weighted by atomic mass is 16.5. The zero-order chi connectivity index (χ0) is 17.6. The SMILES string of the molecule is CO/C=C(\c1ccc(-c2ccccc2)cc1)c1ccccc1C(=O)O. The third-order valence-electron chi connectivity index (χ3n) is 3.99. The molecule has 124 valence electrons. The summed E-state index contributed by atoms with van der Waals surface area (Å²) in [6.07, 6.45) is 1.58. The standard InChI is InChI=1S/C22H18O3/c1-25-15-21(19-9-5-6-10-20(19)22(23)24)18-13-11-17(12-14-18)16-7-3-2-4-8-16/h2-15H,1H3,(H,23,24)/b21-15+. The summed E-state index contributed by atoms with van der Waals surface area (Å²) in [6.45, 7) is 0. The van der Waals surface area contributed by atoms with E-state index in [1.807, 2.05) is 48.5 Å². The molecule has 3 nitrogen and oxygen atoms in total. The molecule has 0 heterocycles. The number of ether oxygens (including phenoxy) is 1. The van der Waals surface area contributed by atoms with E-state index < -0.39 is 5.97 Å². The molecular weight excluding hydrogens is 312 g/mol. The third-order valence-corrected chi connectivity index (χ3v) is 3.99. The molecule has 0 aromatic heterocycles. The van der Waals surface area contributed by atoms with Gasteiger partial charge in [0.2, 0.25) is 0 Å². The summed E-state index contributed by atoms with van der Waals surface area (Å²) >= 11 is 0. The van der Waals surface area contributed by atoms with E-state index in [0.29, 0.717) is 5.56 Å². The number of hydrogen-bond acceptors (Lipinski definition) is 2. The average molecular weight is 330 g/mol. The fraction of sp³-hybridized carbons (Fsp3) is 0.0455. The van der Waals surface area contributed by atoms with E-state index in [0.717, 1.165) is 22.3 Å². The predicted molar refractivity (Wildman–Crippen MR) is 99.4 cm³/mol. The topological polar surface area (TPSA) is 46.5 Å². The Labute approximate surface area is 146 Å². The van der Waals surface area contributed by atoms with Gasteiger partial charge >= 0.3 is 5.97 Å². The monoisotopic (exact) mass is 330 g/mol. The molecule has 0 radical (unpaired) electrons. The first-order valence-corrected chi connectivity index (χ1v) is 7.92. The van der Waals surface area contributed by atoms with Gasteiger partial charge in [0.25, 0.3) is 0 Å². The van der Waals surface area contributed by atoms with Gasteiger partial charge in [-0.2, -0.15) is 0 Å². The van der Waals surface area contributed by atoms with Gasteiger partial charge in [-0.25, -0.2) is 4.79 Å². The molecule has 0 amide bonds. The van der Waals surface area contributed by atoms with Gasteiger partial charge in [0.05, 0.1) is 18.9 Å². The minimum atomic E-state index is -0.960. The van der Waals surface area contributed by atoms with Crippen molar-refractivity contribution in [2.45, 2.75) is 0 Å². The first-order chi connectivity index (χ1) is 12.2. The lowest BCUT2D eigenvalue weighted by atomic mass is 9.93. The van der Waals surface area contributed by atoms with Gasteiger partial charge in [-0.1, -0.05) is 72.8 Å². The van der Waals surface area contributed by atoms with Crippen molar-refractivity contribution in [1.29, 1.82) is 0 Å². The Morgan fingerprint density at radius 1 is 0.800 bits per heavy atom. The molecule has 3 heteroatoms. The number of hydrogen-bond donors (Lipinski definition) is 1. The van der Waals surface area contributed by atoms with Gasteiger partial charge in [-0.3, -0.25) is 0 Å². The smallest absolute Gasteiger partial charge is 0.336 e. The Kier molecular flexibility index (Phi) is 4.95. The number of carboxylic acid groups (broad SMARTS) is 1. The maximum absolute atomic E-state index is 11.5. The molecular formula is C22H18O3. The summed E-state index contributed by atoms with van der Waals surface area (Å²) in [6, 6.07) is 25.0. The zero-order valence-electron chi connectivity index (χ0n) is 13.8. The Balaban J connectivity index is 2.03. The Bertz CT molecular complexity index is 894. The van der Waals surface area contributed by atoms with Crippen molar-refractivity contribution in [2.24, 2.45) is 0 Å². The quantitative estimate of drug-likeness (QED) is 0.663. The first-order valence-electron chi connectivity index (χ1n) is 7.92. The summed E-state index contributed by atoms with van der Waals surface area (Å²) in [5.41, 5.74) is 4.75. The summed E-state index contributed by atoms with van der Waals surface area (Å²) in [4.78, 5) is 11.5. The summed E-state index contributed by atoms with van der Waals surface area (Å²) in [5.74, 6) is -0.960. The van der Waals surface area contributed by atoms with Crippen molar-refractivity contribution in [1.82, 2.24) is 0 Å². The molecule has 0 bridgehead atoms. The van der Waals surface area contributed by atoms with Crippen LogP contribution in [0.15, 0.2) is 85.1 Å². The highest BCUT2D eigenvalue weighted by Crippen LogP contribution is 2.29. The van der Waals surface area contributed by atoms with E-state index in [4.69, 9.17) is 4.74 Å². The largest absolute Gasteiger partial charge is 0.504 e. The summed E-state index contributed by atoms with van der Waals surface area (Å²) in [5, 5.41) is 9.45. The summed E-state index contributed by atoms with van der Waals surface area (Å²) in [7, 11) is 1.56. The van der Waals surface area contributed by atoms with E-state index in [1.54, 1.807) is 31.6 Å². The van der Waals surface area contributed by atoms with Crippen molar-refractivity contribution < 1.29 is 14.6 Å². The normalized spacial score (nSPS) is 11.2. The second-order valence-electron chi connectivity index (χ2n) is 5.56. The molecule has 0 aliphatic heterocycles. The van der Waals surface area contributed by atoms with Crippen molar-refractivity contribution in [3.8, 4) is 11.1 Å². The van der Waals surface area contributed by atoms with E-state index in [-0.39, 0.29) is 5.56 Å². The van der Waals surface area contributed by atoms with Crippen LogP contribution in [0.25, 0.3) is 16.7 Å². The lowest BCUT2D eigenvalue weighted by Crippen LogP contribution is -2.02. The lowest BCUT2D eigenvalue weighted by molar-refractivity contribution is 0.0696. The molecule has 0 spiro atoms. The van der Waals surface area contributed by atoms with Crippen LogP contribution in [0.2, 0.25) is 0 Å². The van der Waals surface area contributed by atoms with Crippen molar-refractivity contribution >= 4 is 11.5 Å². The minimum absolute atomic E-state index is 0.248. The number of rotatable bonds is 5. The van der Waals surface area contributed by atoms with Gasteiger partial charge in [-0.15, -0.1) is 0 Å². The second-order valence-corrected chi connectivity index (χ2v) is 5.56. The van der Waals surface area contributed by atoms with Gasteiger partial charge in [0.1, 0.15) is 0 Å². The predicted octanol–water partition coefficient (Wildman–Crippen LogP) is 5.09. The number of aromatic carboxylic acids is 1. The Morgan fingerprint density at radius 2 is 1.36 bits per heavy atom. The van der Waals surface area contributed by atoms with E-state index in [2.05, 4.69) is 12.1 Å². The highest BCUT2D eigenvalue weighted by Gasteiger charge is 2.15. The average Bonchev–Trinajstić information content (AvgIpc) is 2.67. The molecule has 0 atom stereocenters. The molecule has 0 unspecified atom stereocenters. The van der Waals surface area contributed by atoms with Crippen LogP contribution in [0.3, 0.4) is 0 Å². The molecule has 0 saturated carbocycles. The highest BCUT2D eigenvalue weighted by molar-refractivity contribution is 5.96. The van der Waals surface area contributed by atoms with Crippen LogP contribution in [-0.2, 0) is 4.74 Å². The molecule has 3 rings (SSSR count). The maximum atomic E-state index is 11.5. The molecule has 0 fully saturated rings. The van der Waals surface area contributed by atoms with E-state index in [9.17, 15) is 9.90 Å². The maximum Gasteiger partial charge on any atom is 0.336 e. The van der Waals surface area contributed by atoms with Gasteiger partial charge in [-0.05, 0) is 28.3 Å². The van der Waals surface area contributed by atoms with Crippen molar-refractivity contribution in [3.63, 3.8) is 0 Å². The van der Waals surface area contributed by atoms with E-state index in [1.165, 1.54) is 0 Å². The van der Waals surface area contributed by atoms with Crippen molar-refractivity contribution in [3.05, 3.63) is 102 Å².